The fourth-order valence-electron chi connectivity index (χ4n) is 1.47. The van der Waals surface area contributed by atoms with Gasteiger partial charge in [-0.3, -0.25) is 4.98 Å². The second kappa shape index (κ2) is 3.68. The van der Waals surface area contributed by atoms with E-state index >= 15 is 0 Å². The van der Waals surface area contributed by atoms with Crippen LogP contribution in [0.5, 0.6) is 0 Å². The fraction of sp³-hybridized carbons (Fsp3) is 0.500. The molecule has 1 fully saturated rings. The van der Waals surface area contributed by atoms with Gasteiger partial charge in [-0.05, 0) is 49.5 Å². The monoisotopic (exact) mass is 162 g/mol. The van der Waals surface area contributed by atoms with Gasteiger partial charge in [-0.15, -0.1) is 0 Å². The number of pyridine rings is 1. The smallest absolute Gasteiger partial charge is 0.0270 e. The van der Waals surface area contributed by atoms with Gasteiger partial charge in [0.15, 0.2) is 0 Å². The summed E-state index contributed by atoms with van der Waals surface area (Å²) in [5.41, 5.74) is 1.41. The lowest BCUT2D eigenvalue weighted by Gasteiger charge is -2.26. The first kappa shape index (κ1) is 7.74. The van der Waals surface area contributed by atoms with Crippen molar-refractivity contribution in [2.75, 3.05) is 13.1 Å². The summed E-state index contributed by atoms with van der Waals surface area (Å²) in [7, 11) is 0. The molecule has 0 radical (unpaired) electrons. The molecule has 1 aliphatic rings. The largest absolute Gasteiger partial charge is 0.316 e. The summed E-state index contributed by atoms with van der Waals surface area (Å²) in [4.78, 5) is 3.99. The van der Waals surface area contributed by atoms with Gasteiger partial charge in [-0.2, -0.15) is 0 Å². The molecule has 0 amide bonds. The Labute approximate surface area is 73.0 Å². The predicted octanol–water partition coefficient (Wildman–Crippen LogP) is 1.23. The van der Waals surface area contributed by atoms with E-state index in [4.69, 9.17) is 0 Å². The van der Waals surface area contributed by atoms with Crippen LogP contribution < -0.4 is 5.32 Å². The third-order valence-corrected chi connectivity index (χ3v) is 2.46. The van der Waals surface area contributed by atoms with Crippen LogP contribution in [0.15, 0.2) is 24.5 Å². The maximum atomic E-state index is 3.99. The molecule has 2 heterocycles. The van der Waals surface area contributed by atoms with Crippen LogP contribution in [0.1, 0.15) is 12.0 Å². The van der Waals surface area contributed by atoms with Crippen LogP contribution in [0.3, 0.4) is 0 Å². The highest BCUT2D eigenvalue weighted by molar-refractivity contribution is 5.09. The van der Waals surface area contributed by atoms with E-state index in [2.05, 4.69) is 22.4 Å². The lowest BCUT2D eigenvalue weighted by molar-refractivity contribution is 0.328. The molecule has 1 aromatic rings. The van der Waals surface area contributed by atoms with Crippen molar-refractivity contribution in [3.05, 3.63) is 30.1 Å². The molecule has 0 spiro atoms. The van der Waals surface area contributed by atoms with Gasteiger partial charge in [0.2, 0.25) is 0 Å². The van der Waals surface area contributed by atoms with Gasteiger partial charge < -0.3 is 5.32 Å². The Morgan fingerprint density at radius 1 is 1.33 bits per heavy atom. The molecule has 1 N–H and O–H groups in total. The van der Waals surface area contributed by atoms with Crippen LogP contribution in [0.4, 0.5) is 0 Å². The molecule has 0 unspecified atom stereocenters. The first-order chi connectivity index (χ1) is 5.95. The lowest BCUT2D eigenvalue weighted by Crippen LogP contribution is -2.42. The first-order valence-corrected chi connectivity index (χ1v) is 4.55. The average molecular weight is 162 g/mol. The van der Waals surface area contributed by atoms with E-state index in [1.165, 1.54) is 31.5 Å². The summed E-state index contributed by atoms with van der Waals surface area (Å²) in [5, 5.41) is 3.29. The van der Waals surface area contributed by atoms with Crippen molar-refractivity contribution in [1.29, 1.82) is 0 Å². The van der Waals surface area contributed by atoms with E-state index in [-0.39, 0.29) is 0 Å². The molecule has 2 nitrogen and oxygen atoms in total. The fourth-order valence-corrected chi connectivity index (χ4v) is 1.47. The van der Waals surface area contributed by atoms with Gasteiger partial charge in [0.05, 0.1) is 0 Å². The predicted molar refractivity (Wildman–Crippen MR) is 48.9 cm³/mol. The Bertz CT molecular complexity index is 229. The van der Waals surface area contributed by atoms with E-state index in [1.807, 2.05) is 12.4 Å². The standard InChI is InChI=1S/C10H14N2/c1(2-10-7-12-8-10)9-3-5-11-6-4-9/h3-6,10,12H,1-2,7-8H2. The zero-order chi connectivity index (χ0) is 8.23. The summed E-state index contributed by atoms with van der Waals surface area (Å²) >= 11 is 0. The van der Waals surface area contributed by atoms with E-state index in [0.29, 0.717) is 0 Å². The Hall–Kier alpha value is -0.890. The third-order valence-electron chi connectivity index (χ3n) is 2.46. The van der Waals surface area contributed by atoms with Crippen molar-refractivity contribution in [3.63, 3.8) is 0 Å². The number of nitrogens with one attached hydrogen (secondary N) is 1. The van der Waals surface area contributed by atoms with Crippen LogP contribution in [-0.2, 0) is 6.42 Å². The molecule has 0 bridgehead atoms. The van der Waals surface area contributed by atoms with Gasteiger partial charge in [0.25, 0.3) is 0 Å². The Kier molecular flexibility index (Phi) is 2.37. The minimum atomic E-state index is 0.915. The summed E-state index contributed by atoms with van der Waals surface area (Å²) < 4.78 is 0. The van der Waals surface area contributed by atoms with Crippen molar-refractivity contribution >= 4 is 0 Å². The lowest BCUT2D eigenvalue weighted by atomic mass is 9.95. The number of nitrogens with zero attached hydrogens (tertiary/aromatic N) is 1. The van der Waals surface area contributed by atoms with E-state index in [1.54, 1.807) is 0 Å². The Balaban J connectivity index is 1.79. The molecule has 0 saturated carbocycles. The molecular formula is C10H14N2. The van der Waals surface area contributed by atoms with Crippen molar-refractivity contribution in [3.8, 4) is 0 Å². The van der Waals surface area contributed by atoms with Crippen LogP contribution in [-0.4, -0.2) is 18.1 Å². The quantitative estimate of drug-likeness (QED) is 0.723. The normalized spacial score (nSPS) is 17.3. The summed E-state index contributed by atoms with van der Waals surface area (Å²) in [5.74, 6) is 0.915. The number of aryl methyl sites for hydroxylation is 1. The number of rotatable bonds is 3. The van der Waals surface area contributed by atoms with Crippen molar-refractivity contribution in [1.82, 2.24) is 10.3 Å². The highest BCUT2D eigenvalue weighted by atomic mass is 14.9. The molecule has 2 heteroatoms. The zero-order valence-corrected chi connectivity index (χ0v) is 7.16. The zero-order valence-electron chi connectivity index (χ0n) is 7.16. The molecule has 1 aromatic heterocycles. The molecule has 2 rings (SSSR count). The highest BCUT2D eigenvalue weighted by Gasteiger charge is 2.15. The van der Waals surface area contributed by atoms with Gasteiger partial charge >= 0.3 is 0 Å². The van der Waals surface area contributed by atoms with Crippen LogP contribution >= 0.6 is 0 Å². The molecule has 0 aromatic carbocycles. The van der Waals surface area contributed by atoms with E-state index in [9.17, 15) is 0 Å². The molecular weight excluding hydrogens is 148 g/mol. The summed E-state index contributed by atoms with van der Waals surface area (Å²) in [6.45, 7) is 2.43. The number of aromatic nitrogens is 1. The van der Waals surface area contributed by atoms with Crippen molar-refractivity contribution < 1.29 is 0 Å². The molecule has 0 aliphatic carbocycles. The number of hydrogen-bond acceptors (Lipinski definition) is 2. The van der Waals surface area contributed by atoms with Gasteiger partial charge in [0, 0.05) is 12.4 Å². The van der Waals surface area contributed by atoms with E-state index < -0.39 is 0 Å². The minimum absolute atomic E-state index is 0.915. The molecule has 1 aliphatic heterocycles. The highest BCUT2D eigenvalue weighted by Crippen LogP contribution is 2.12. The molecule has 0 atom stereocenters. The maximum Gasteiger partial charge on any atom is 0.0270 e. The molecule has 12 heavy (non-hydrogen) atoms. The van der Waals surface area contributed by atoms with Gasteiger partial charge in [0.1, 0.15) is 0 Å². The van der Waals surface area contributed by atoms with Crippen LogP contribution in [0.25, 0.3) is 0 Å². The second-order valence-corrected chi connectivity index (χ2v) is 3.42. The Morgan fingerprint density at radius 2 is 2.08 bits per heavy atom. The SMILES string of the molecule is c1cc(CCC2CNC2)ccn1. The first-order valence-electron chi connectivity index (χ1n) is 4.55. The third kappa shape index (κ3) is 1.83. The topological polar surface area (TPSA) is 24.9 Å². The summed E-state index contributed by atoms with van der Waals surface area (Å²) in [6, 6.07) is 4.21. The van der Waals surface area contributed by atoms with Crippen molar-refractivity contribution in [2.45, 2.75) is 12.8 Å². The second-order valence-electron chi connectivity index (χ2n) is 3.42. The van der Waals surface area contributed by atoms with Crippen molar-refractivity contribution in [2.24, 2.45) is 5.92 Å². The number of hydrogen-bond donors (Lipinski definition) is 1. The van der Waals surface area contributed by atoms with Crippen LogP contribution in [0, 0.1) is 5.92 Å². The van der Waals surface area contributed by atoms with Gasteiger partial charge in [-0.25, -0.2) is 0 Å². The minimum Gasteiger partial charge on any atom is -0.316 e. The molecule has 64 valence electrons. The maximum absolute atomic E-state index is 3.99. The van der Waals surface area contributed by atoms with Crippen LogP contribution in [0.2, 0.25) is 0 Å². The Morgan fingerprint density at radius 3 is 2.67 bits per heavy atom. The summed E-state index contributed by atoms with van der Waals surface area (Å²) in [6.07, 6.45) is 6.26. The molecule has 1 saturated heterocycles. The van der Waals surface area contributed by atoms with E-state index in [0.717, 1.165) is 5.92 Å². The average Bonchev–Trinajstić information content (AvgIpc) is 2.04. The van der Waals surface area contributed by atoms with Gasteiger partial charge in [-0.1, -0.05) is 0 Å².